The molecule has 0 spiro atoms. The van der Waals surface area contributed by atoms with Gasteiger partial charge >= 0.3 is 0 Å². The van der Waals surface area contributed by atoms with Crippen molar-refractivity contribution in [2.75, 3.05) is 0 Å². The molecule has 1 aliphatic carbocycles. The third kappa shape index (κ3) is 3.10. The van der Waals surface area contributed by atoms with Crippen molar-refractivity contribution in [1.82, 2.24) is 10.6 Å². The summed E-state index contributed by atoms with van der Waals surface area (Å²) in [6, 6.07) is 3.57. The van der Waals surface area contributed by atoms with Crippen molar-refractivity contribution >= 4 is 11.8 Å². The zero-order valence-corrected chi connectivity index (χ0v) is 11.9. The van der Waals surface area contributed by atoms with E-state index in [2.05, 4.69) is 10.6 Å². The van der Waals surface area contributed by atoms with Crippen molar-refractivity contribution in [3.8, 4) is 0 Å². The van der Waals surface area contributed by atoms with E-state index in [-0.39, 0.29) is 24.3 Å². The van der Waals surface area contributed by atoms with Gasteiger partial charge in [-0.3, -0.25) is 9.59 Å². The Balaban J connectivity index is 1.51. The maximum atomic E-state index is 12.2. The predicted octanol–water partition coefficient (Wildman–Crippen LogP) is 0.915. The topological polar surface area (TPSA) is 97.4 Å². The summed E-state index contributed by atoms with van der Waals surface area (Å²) in [5.74, 6) is 0.687. The smallest absolute Gasteiger partial charge is 0.284 e. The fourth-order valence-electron chi connectivity index (χ4n) is 3.42. The van der Waals surface area contributed by atoms with Crippen LogP contribution in [0.25, 0.3) is 0 Å². The average molecular weight is 291 g/mol. The van der Waals surface area contributed by atoms with Crippen LogP contribution >= 0.6 is 0 Å². The number of nitrogens with two attached hydrogens (primary N) is 1. The summed E-state index contributed by atoms with van der Waals surface area (Å²) in [7, 11) is 0. The molecule has 1 aliphatic heterocycles. The molecule has 2 aliphatic rings. The number of hydrogen-bond acceptors (Lipinski definition) is 4. The van der Waals surface area contributed by atoms with E-state index in [9.17, 15) is 9.59 Å². The minimum atomic E-state index is -0.603. The molecule has 4 N–H and O–H groups in total. The standard InChI is InChI=1S/C15H21N3O3/c16-14(19)13-6-5-10(21-13)8-17-15(20)12-7-9-3-1-2-4-11(9)18-12/h5-6,9,11-12,18H,1-4,7-8H2,(H2,16,19)(H,17,20). The molecule has 0 aromatic carbocycles. The Morgan fingerprint density at radius 2 is 2.14 bits per heavy atom. The van der Waals surface area contributed by atoms with Gasteiger partial charge in [0.05, 0.1) is 12.6 Å². The molecule has 0 bridgehead atoms. The SMILES string of the molecule is NC(=O)c1ccc(CNC(=O)C2CC3CCCCC3N2)o1. The number of hydrogen-bond donors (Lipinski definition) is 3. The van der Waals surface area contributed by atoms with Crippen LogP contribution in [-0.4, -0.2) is 23.9 Å². The summed E-state index contributed by atoms with van der Waals surface area (Å²) < 4.78 is 5.24. The molecule has 114 valence electrons. The predicted molar refractivity (Wildman–Crippen MR) is 76.4 cm³/mol. The highest BCUT2D eigenvalue weighted by molar-refractivity contribution is 5.89. The van der Waals surface area contributed by atoms with Crippen molar-refractivity contribution in [3.63, 3.8) is 0 Å². The lowest BCUT2D eigenvalue weighted by Crippen LogP contribution is -2.42. The number of amides is 2. The Kier molecular flexibility index (Phi) is 3.96. The van der Waals surface area contributed by atoms with Crippen LogP contribution in [0.5, 0.6) is 0 Å². The van der Waals surface area contributed by atoms with Gasteiger partial charge in [0.15, 0.2) is 5.76 Å². The van der Waals surface area contributed by atoms with Gasteiger partial charge in [-0.05, 0) is 37.3 Å². The van der Waals surface area contributed by atoms with E-state index in [4.69, 9.17) is 10.2 Å². The van der Waals surface area contributed by atoms with Crippen LogP contribution < -0.4 is 16.4 Å². The molecule has 1 aromatic heterocycles. The molecule has 1 saturated carbocycles. The van der Waals surface area contributed by atoms with E-state index in [0.717, 1.165) is 6.42 Å². The van der Waals surface area contributed by atoms with Gasteiger partial charge in [-0.1, -0.05) is 12.8 Å². The highest BCUT2D eigenvalue weighted by Crippen LogP contribution is 2.33. The van der Waals surface area contributed by atoms with Gasteiger partial charge in [0.1, 0.15) is 5.76 Å². The quantitative estimate of drug-likeness (QED) is 0.768. The number of fused-ring (bicyclic) bond motifs is 1. The molecule has 2 amide bonds. The normalized spacial score (nSPS) is 28.1. The molecular formula is C15H21N3O3. The Bertz CT molecular complexity index is 526. The summed E-state index contributed by atoms with van der Waals surface area (Å²) in [5, 5.41) is 6.29. The van der Waals surface area contributed by atoms with Gasteiger partial charge in [-0.25, -0.2) is 0 Å². The molecule has 3 atom stereocenters. The molecule has 21 heavy (non-hydrogen) atoms. The third-order valence-electron chi connectivity index (χ3n) is 4.52. The van der Waals surface area contributed by atoms with Gasteiger partial charge in [0.25, 0.3) is 5.91 Å². The first-order valence-corrected chi connectivity index (χ1v) is 7.56. The Labute approximate surface area is 123 Å². The Morgan fingerprint density at radius 1 is 1.33 bits per heavy atom. The molecule has 2 heterocycles. The van der Waals surface area contributed by atoms with Gasteiger partial charge in [-0.15, -0.1) is 0 Å². The van der Waals surface area contributed by atoms with E-state index in [1.807, 2.05) is 0 Å². The first-order valence-electron chi connectivity index (χ1n) is 7.56. The van der Waals surface area contributed by atoms with Crippen molar-refractivity contribution in [2.24, 2.45) is 11.7 Å². The monoisotopic (exact) mass is 291 g/mol. The molecule has 2 fully saturated rings. The number of carbonyl (C=O) groups excluding carboxylic acids is 2. The number of rotatable bonds is 4. The molecule has 6 nitrogen and oxygen atoms in total. The fraction of sp³-hybridized carbons (Fsp3) is 0.600. The Morgan fingerprint density at radius 3 is 2.86 bits per heavy atom. The second-order valence-corrected chi connectivity index (χ2v) is 5.95. The van der Waals surface area contributed by atoms with Gasteiger partial charge in [0.2, 0.25) is 5.91 Å². The van der Waals surface area contributed by atoms with Crippen LogP contribution in [0.15, 0.2) is 16.5 Å². The van der Waals surface area contributed by atoms with E-state index < -0.39 is 5.91 Å². The zero-order valence-electron chi connectivity index (χ0n) is 11.9. The van der Waals surface area contributed by atoms with Crippen molar-refractivity contribution < 1.29 is 14.0 Å². The lowest BCUT2D eigenvalue weighted by molar-refractivity contribution is -0.123. The summed E-state index contributed by atoms with van der Waals surface area (Å²) >= 11 is 0. The molecule has 1 aromatic rings. The lowest BCUT2D eigenvalue weighted by atomic mass is 9.85. The van der Waals surface area contributed by atoms with Crippen LogP contribution in [-0.2, 0) is 11.3 Å². The van der Waals surface area contributed by atoms with E-state index >= 15 is 0 Å². The van der Waals surface area contributed by atoms with E-state index in [1.54, 1.807) is 6.07 Å². The molecule has 3 unspecified atom stereocenters. The van der Waals surface area contributed by atoms with Crippen LogP contribution in [0.4, 0.5) is 0 Å². The highest BCUT2D eigenvalue weighted by Gasteiger charge is 2.38. The number of furan rings is 1. The second kappa shape index (κ2) is 5.89. The summed E-state index contributed by atoms with van der Waals surface area (Å²) in [6.07, 6.45) is 5.85. The second-order valence-electron chi connectivity index (χ2n) is 5.95. The minimum Gasteiger partial charge on any atom is -0.454 e. The van der Waals surface area contributed by atoms with E-state index in [0.29, 0.717) is 17.7 Å². The fourth-order valence-corrected chi connectivity index (χ4v) is 3.42. The number of carbonyl (C=O) groups is 2. The van der Waals surface area contributed by atoms with Gasteiger partial charge in [0, 0.05) is 6.04 Å². The van der Waals surface area contributed by atoms with Crippen molar-refractivity contribution in [3.05, 3.63) is 23.7 Å². The maximum absolute atomic E-state index is 12.2. The van der Waals surface area contributed by atoms with Crippen LogP contribution in [0, 0.1) is 5.92 Å². The van der Waals surface area contributed by atoms with Crippen LogP contribution in [0.3, 0.4) is 0 Å². The maximum Gasteiger partial charge on any atom is 0.284 e. The zero-order chi connectivity index (χ0) is 14.8. The molecule has 0 radical (unpaired) electrons. The van der Waals surface area contributed by atoms with E-state index in [1.165, 1.54) is 31.7 Å². The lowest BCUT2D eigenvalue weighted by Gasteiger charge is -2.24. The van der Waals surface area contributed by atoms with Crippen molar-refractivity contribution in [2.45, 2.75) is 50.7 Å². The number of primary amides is 1. The molecule has 6 heteroatoms. The van der Waals surface area contributed by atoms with Crippen LogP contribution in [0.1, 0.15) is 48.4 Å². The summed E-state index contributed by atoms with van der Waals surface area (Å²) in [6.45, 7) is 0.277. The van der Waals surface area contributed by atoms with Crippen LogP contribution in [0.2, 0.25) is 0 Å². The van der Waals surface area contributed by atoms with Crippen molar-refractivity contribution in [1.29, 1.82) is 0 Å². The molecular weight excluding hydrogens is 270 g/mol. The highest BCUT2D eigenvalue weighted by atomic mass is 16.4. The minimum absolute atomic E-state index is 0.00132. The first kappa shape index (κ1) is 14.1. The first-order chi connectivity index (χ1) is 10.1. The summed E-state index contributed by atoms with van der Waals surface area (Å²) in [4.78, 5) is 23.1. The van der Waals surface area contributed by atoms with Gasteiger partial charge in [-0.2, -0.15) is 0 Å². The average Bonchev–Trinajstić information content (AvgIpc) is 3.11. The largest absolute Gasteiger partial charge is 0.454 e. The molecule has 1 saturated heterocycles. The van der Waals surface area contributed by atoms with Gasteiger partial charge < -0.3 is 20.8 Å². The number of nitrogens with one attached hydrogen (secondary N) is 2. The summed E-state index contributed by atoms with van der Waals surface area (Å²) in [5.41, 5.74) is 5.12. The Hall–Kier alpha value is -1.82. The molecule has 3 rings (SSSR count). The third-order valence-corrected chi connectivity index (χ3v) is 4.52.